The van der Waals surface area contributed by atoms with Gasteiger partial charge in [-0.2, -0.15) is 0 Å². The second-order valence-corrected chi connectivity index (χ2v) is 11.6. The summed E-state index contributed by atoms with van der Waals surface area (Å²) in [7, 11) is 0. The monoisotopic (exact) mass is 570 g/mol. The third-order valence-corrected chi connectivity index (χ3v) is 8.03. The maximum atomic E-state index is 12.8. The molecule has 2 fully saturated rings. The molecule has 0 radical (unpaired) electrons. The summed E-state index contributed by atoms with van der Waals surface area (Å²) in [5.41, 5.74) is 4.52. The number of carbonyl (C=O) groups excluding carboxylic acids is 2. The molecule has 0 spiro atoms. The van der Waals surface area contributed by atoms with Crippen LogP contribution in [0.3, 0.4) is 0 Å². The van der Waals surface area contributed by atoms with E-state index in [0.29, 0.717) is 24.3 Å². The van der Waals surface area contributed by atoms with Gasteiger partial charge in [-0.15, -0.1) is 0 Å². The van der Waals surface area contributed by atoms with Gasteiger partial charge < -0.3 is 15.0 Å². The molecule has 2 amide bonds. The number of benzene rings is 1. The zero-order valence-corrected chi connectivity index (χ0v) is 24.8. The molecule has 42 heavy (non-hydrogen) atoms. The molecule has 1 N–H and O–H groups in total. The molecule has 2 saturated heterocycles. The summed E-state index contributed by atoms with van der Waals surface area (Å²) < 4.78 is 5.50. The minimum absolute atomic E-state index is 0.201. The molecule has 222 valence electrons. The van der Waals surface area contributed by atoms with Crippen molar-refractivity contribution in [2.24, 2.45) is 5.92 Å². The molecular weight excluding hydrogens is 528 g/mol. The number of anilines is 1. The minimum atomic E-state index is -0.401. The third kappa shape index (κ3) is 8.59. The molecule has 2 aliphatic rings. The standard InChI is InChI=1S/C33H42N6O3/c1-25-6-4-17-38(23-25)24-27-10-12-28(13-11-27)32(40)36-30-14-15-31(34-22-30)42-33(41)39-20-18-37(19-21-39)16-5-9-29-8-3-7-26(2)35-29/h3,7-8,10-15,22,25H,4-6,9,16-21,23-24H2,1-2H3,(H,36,40). The van der Waals surface area contributed by atoms with Crippen LogP contribution in [-0.2, 0) is 13.0 Å². The number of ether oxygens (including phenoxy) is 1. The van der Waals surface area contributed by atoms with E-state index in [9.17, 15) is 9.59 Å². The zero-order chi connectivity index (χ0) is 29.3. The van der Waals surface area contributed by atoms with E-state index in [1.54, 1.807) is 17.0 Å². The summed E-state index contributed by atoms with van der Waals surface area (Å²) in [6.45, 7) is 11.3. The highest BCUT2D eigenvalue weighted by Crippen LogP contribution is 2.19. The average Bonchev–Trinajstić information content (AvgIpc) is 2.99. The minimum Gasteiger partial charge on any atom is -0.391 e. The van der Waals surface area contributed by atoms with E-state index in [0.717, 1.165) is 69.4 Å². The van der Waals surface area contributed by atoms with Crippen molar-refractivity contribution in [2.75, 3.05) is 51.1 Å². The van der Waals surface area contributed by atoms with Gasteiger partial charge in [-0.25, -0.2) is 9.78 Å². The molecule has 1 atom stereocenters. The van der Waals surface area contributed by atoms with Gasteiger partial charge in [0.25, 0.3) is 5.91 Å². The zero-order valence-electron chi connectivity index (χ0n) is 24.8. The Labute approximate surface area is 248 Å². The van der Waals surface area contributed by atoms with Crippen molar-refractivity contribution in [1.82, 2.24) is 24.7 Å². The molecule has 2 aliphatic heterocycles. The van der Waals surface area contributed by atoms with Crippen LogP contribution >= 0.6 is 0 Å². The van der Waals surface area contributed by atoms with E-state index >= 15 is 0 Å². The SMILES string of the molecule is Cc1cccc(CCCN2CCN(C(=O)Oc3ccc(NC(=O)c4ccc(CN5CCCC(C)C5)cc4)cn3)CC2)n1. The van der Waals surface area contributed by atoms with Gasteiger partial charge >= 0.3 is 6.09 Å². The Morgan fingerprint density at radius 1 is 0.976 bits per heavy atom. The maximum Gasteiger partial charge on any atom is 0.416 e. The van der Waals surface area contributed by atoms with E-state index in [-0.39, 0.29) is 11.8 Å². The van der Waals surface area contributed by atoms with Crippen molar-refractivity contribution in [3.63, 3.8) is 0 Å². The fraction of sp³-hybridized carbons (Fsp3) is 0.455. The number of piperidine rings is 1. The largest absolute Gasteiger partial charge is 0.416 e. The molecule has 1 unspecified atom stereocenters. The van der Waals surface area contributed by atoms with Crippen LogP contribution in [0.5, 0.6) is 5.88 Å². The van der Waals surface area contributed by atoms with Crippen molar-refractivity contribution in [3.05, 3.63) is 83.3 Å². The van der Waals surface area contributed by atoms with Gasteiger partial charge in [-0.1, -0.05) is 25.1 Å². The molecule has 4 heterocycles. The predicted molar refractivity (Wildman–Crippen MR) is 164 cm³/mol. The molecule has 0 saturated carbocycles. The van der Waals surface area contributed by atoms with Gasteiger partial charge in [0.1, 0.15) is 0 Å². The first kappa shape index (κ1) is 29.7. The number of carbonyl (C=O) groups is 2. The molecule has 9 heteroatoms. The summed E-state index contributed by atoms with van der Waals surface area (Å²) >= 11 is 0. The lowest BCUT2D eigenvalue weighted by molar-refractivity contribution is 0.102. The number of rotatable bonds is 9. The number of aromatic nitrogens is 2. The van der Waals surface area contributed by atoms with Crippen LogP contribution in [0.4, 0.5) is 10.5 Å². The number of nitrogens with one attached hydrogen (secondary N) is 1. The lowest BCUT2D eigenvalue weighted by Gasteiger charge is -2.33. The number of hydrogen-bond acceptors (Lipinski definition) is 7. The van der Waals surface area contributed by atoms with E-state index in [4.69, 9.17) is 4.74 Å². The van der Waals surface area contributed by atoms with E-state index in [1.165, 1.54) is 24.6 Å². The Morgan fingerprint density at radius 2 is 1.79 bits per heavy atom. The summed E-state index contributed by atoms with van der Waals surface area (Å²) in [4.78, 5) is 40.8. The van der Waals surface area contributed by atoms with Gasteiger partial charge in [-0.3, -0.25) is 19.6 Å². The number of amides is 2. The fourth-order valence-electron chi connectivity index (χ4n) is 5.70. The van der Waals surface area contributed by atoms with Gasteiger partial charge in [0.2, 0.25) is 5.88 Å². The predicted octanol–water partition coefficient (Wildman–Crippen LogP) is 5.02. The third-order valence-electron chi connectivity index (χ3n) is 8.03. The van der Waals surface area contributed by atoms with Crippen LogP contribution in [0.1, 0.15) is 53.5 Å². The Morgan fingerprint density at radius 3 is 2.50 bits per heavy atom. The highest BCUT2D eigenvalue weighted by atomic mass is 16.6. The van der Waals surface area contributed by atoms with Crippen molar-refractivity contribution in [2.45, 2.75) is 46.1 Å². The van der Waals surface area contributed by atoms with Crippen molar-refractivity contribution >= 4 is 17.7 Å². The Balaban J connectivity index is 1.02. The highest BCUT2D eigenvalue weighted by molar-refractivity contribution is 6.04. The van der Waals surface area contributed by atoms with Crippen molar-refractivity contribution in [3.8, 4) is 5.88 Å². The van der Waals surface area contributed by atoms with Gasteiger partial charge in [0.15, 0.2) is 0 Å². The molecule has 2 aromatic heterocycles. The maximum absolute atomic E-state index is 12.8. The van der Waals surface area contributed by atoms with Crippen LogP contribution < -0.4 is 10.1 Å². The van der Waals surface area contributed by atoms with E-state index in [2.05, 4.69) is 44.1 Å². The van der Waals surface area contributed by atoms with Crippen LogP contribution in [0.25, 0.3) is 0 Å². The van der Waals surface area contributed by atoms with Gasteiger partial charge in [0, 0.05) is 62.3 Å². The molecule has 0 bridgehead atoms. The first-order valence-corrected chi connectivity index (χ1v) is 15.1. The van der Waals surface area contributed by atoms with Crippen LogP contribution in [0.15, 0.2) is 60.8 Å². The summed E-state index contributed by atoms with van der Waals surface area (Å²) in [6.07, 6.45) is 5.65. The van der Waals surface area contributed by atoms with Crippen LogP contribution in [0.2, 0.25) is 0 Å². The van der Waals surface area contributed by atoms with Gasteiger partial charge in [-0.05, 0) is 87.5 Å². The Kier molecular flexibility index (Phi) is 10.2. The van der Waals surface area contributed by atoms with Crippen molar-refractivity contribution in [1.29, 1.82) is 0 Å². The lowest BCUT2D eigenvalue weighted by atomic mass is 9.99. The molecular formula is C33H42N6O3. The van der Waals surface area contributed by atoms with Crippen LogP contribution in [0, 0.1) is 12.8 Å². The number of hydrogen-bond donors (Lipinski definition) is 1. The normalized spacial score (nSPS) is 18.0. The smallest absolute Gasteiger partial charge is 0.391 e. The van der Waals surface area contributed by atoms with E-state index in [1.807, 2.05) is 37.3 Å². The number of likely N-dealkylation sites (tertiary alicyclic amines) is 1. The Hall–Kier alpha value is -3.82. The summed E-state index contributed by atoms with van der Waals surface area (Å²) in [6, 6.07) is 17.2. The molecule has 9 nitrogen and oxygen atoms in total. The fourth-order valence-corrected chi connectivity index (χ4v) is 5.70. The average molecular weight is 571 g/mol. The highest BCUT2D eigenvalue weighted by Gasteiger charge is 2.23. The molecule has 3 aromatic rings. The van der Waals surface area contributed by atoms with Crippen molar-refractivity contribution < 1.29 is 14.3 Å². The first-order chi connectivity index (χ1) is 20.4. The van der Waals surface area contributed by atoms with E-state index < -0.39 is 6.09 Å². The topological polar surface area (TPSA) is 90.9 Å². The summed E-state index contributed by atoms with van der Waals surface area (Å²) in [5, 5.41) is 2.87. The molecule has 5 rings (SSSR count). The summed E-state index contributed by atoms with van der Waals surface area (Å²) in [5.74, 6) is 0.751. The molecule has 1 aromatic carbocycles. The second kappa shape index (κ2) is 14.4. The second-order valence-electron chi connectivity index (χ2n) is 11.6. The number of piperazine rings is 1. The number of aryl methyl sites for hydroxylation is 2. The lowest BCUT2D eigenvalue weighted by Crippen LogP contribution is -2.49. The van der Waals surface area contributed by atoms with Gasteiger partial charge in [0.05, 0.1) is 11.9 Å². The first-order valence-electron chi connectivity index (χ1n) is 15.1. The Bertz CT molecular complexity index is 1320. The van der Waals surface area contributed by atoms with Crippen LogP contribution in [-0.4, -0.2) is 82.5 Å². The number of nitrogens with zero attached hydrogens (tertiary/aromatic N) is 5. The molecule has 0 aliphatic carbocycles. The quantitative estimate of drug-likeness (QED) is 0.386. The number of pyridine rings is 2.